The van der Waals surface area contributed by atoms with Gasteiger partial charge < -0.3 is 5.32 Å². The Morgan fingerprint density at radius 2 is 1.58 bits per heavy atom. The number of carbonyl (C=O) groups excluding carboxylic acids is 1. The maximum Gasteiger partial charge on any atom is 0.221 e. The molecule has 1 N–H and O–H groups in total. The molecule has 0 radical (unpaired) electrons. The van der Waals surface area contributed by atoms with Crippen LogP contribution in [0.25, 0.3) is 22.1 Å². The molecule has 1 aromatic heterocycles. The Morgan fingerprint density at radius 3 is 2.32 bits per heavy atom. The molecular formula is C15H13N3O. The summed E-state index contributed by atoms with van der Waals surface area (Å²) in [7, 11) is 0. The van der Waals surface area contributed by atoms with Crippen LogP contribution in [0, 0.1) is 6.92 Å². The minimum absolute atomic E-state index is 0.0936. The van der Waals surface area contributed by atoms with Crippen molar-refractivity contribution in [1.82, 2.24) is 9.97 Å². The molecule has 3 rings (SSSR count). The number of carbonyl (C=O) groups is 1. The van der Waals surface area contributed by atoms with E-state index in [1.54, 1.807) is 0 Å². The van der Waals surface area contributed by atoms with Gasteiger partial charge in [-0.05, 0) is 42.8 Å². The molecule has 0 aliphatic heterocycles. The Bertz CT molecular complexity index is 796. The molecule has 94 valence electrons. The molecule has 3 aromatic rings. The fourth-order valence-electron chi connectivity index (χ4n) is 2.07. The smallest absolute Gasteiger partial charge is 0.221 e. The summed E-state index contributed by atoms with van der Waals surface area (Å²) in [4.78, 5) is 20.2. The molecule has 1 amide bonds. The van der Waals surface area contributed by atoms with Crippen molar-refractivity contribution in [2.24, 2.45) is 0 Å². The summed E-state index contributed by atoms with van der Waals surface area (Å²) >= 11 is 0. The van der Waals surface area contributed by atoms with Crippen molar-refractivity contribution in [3.63, 3.8) is 0 Å². The van der Waals surface area contributed by atoms with Crippen LogP contribution in [0.15, 0.2) is 36.4 Å². The van der Waals surface area contributed by atoms with Gasteiger partial charge in [0.05, 0.1) is 22.1 Å². The molecular weight excluding hydrogens is 238 g/mol. The number of rotatable bonds is 1. The van der Waals surface area contributed by atoms with E-state index in [1.807, 2.05) is 43.3 Å². The second kappa shape index (κ2) is 4.31. The minimum Gasteiger partial charge on any atom is -0.326 e. The fraction of sp³-hybridized carbons (Fsp3) is 0.133. The van der Waals surface area contributed by atoms with Gasteiger partial charge in [-0.25, -0.2) is 9.97 Å². The predicted molar refractivity (Wildman–Crippen MR) is 76.1 cm³/mol. The molecule has 0 fully saturated rings. The molecule has 0 unspecified atom stereocenters. The van der Waals surface area contributed by atoms with Crippen LogP contribution in [-0.4, -0.2) is 15.9 Å². The Hall–Kier alpha value is -2.49. The van der Waals surface area contributed by atoms with Gasteiger partial charge in [0.15, 0.2) is 0 Å². The van der Waals surface area contributed by atoms with Crippen LogP contribution < -0.4 is 5.32 Å². The van der Waals surface area contributed by atoms with E-state index in [0.717, 1.165) is 33.3 Å². The molecule has 0 bridgehead atoms. The predicted octanol–water partition coefficient (Wildman–Crippen LogP) is 3.05. The molecule has 1 heterocycles. The first-order chi connectivity index (χ1) is 9.11. The zero-order chi connectivity index (χ0) is 13.4. The largest absolute Gasteiger partial charge is 0.326 e. The van der Waals surface area contributed by atoms with Gasteiger partial charge in [-0.15, -0.1) is 0 Å². The van der Waals surface area contributed by atoms with E-state index < -0.39 is 0 Å². The lowest BCUT2D eigenvalue weighted by atomic mass is 10.2. The Balaban J connectivity index is 2.21. The van der Waals surface area contributed by atoms with Crippen LogP contribution >= 0.6 is 0 Å². The van der Waals surface area contributed by atoms with E-state index in [9.17, 15) is 4.79 Å². The van der Waals surface area contributed by atoms with Gasteiger partial charge in [0.1, 0.15) is 0 Å². The normalized spacial score (nSPS) is 10.8. The van der Waals surface area contributed by atoms with Gasteiger partial charge in [0, 0.05) is 12.6 Å². The van der Waals surface area contributed by atoms with Crippen LogP contribution in [0.3, 0.4) is 0 Å². The number of nitrogens with zero attached hydrogens (tertiary/aromatic N) is 2. The van der Waals surface area contributed by atoms with Gasteiger partial charge >= 0.3 is 0 Å². The zero-order valence-electron chi connectivity index (χ0n) is 10.8. The summed E-state index contributed by atoms with van der Waals surface area (Å²) in [6, 6.07) is 11.5. The fourth-order valence-corrected chi connectivity index (χ4v) is 2.07. The molecule has 0 saturated carbocycles. The van der Waals surface area contributed by atoms with Crippen molar-refractivity contribution in [3.05, 3.63) is 42.0 Å². The highest BCUT2D eigenvalue weighted by Gasteiger charge is 2.03. The maximum absolute atomic E-state index is 11.1. The Labute approximate surface area is 110 Å². The van der Waals surface area contributed by atoms with E-state index in [-0.39, 0.29) is 5.91 Å². The van der Waals surface area contributed by atoms with Gasteiger partial charge in [-0.3, -0.25) is 4.79 Å². The molecule has 4 heteroatoms. The number of benzene rings is 2. The number of nitrogens with one attached hydrogen (secondary N) is 1. The van der Waals surface area contributed by atoms with Crippen molar-refractivity contribution < 1.29 is 4.79 Å². The topological polar surface area (TPSA) is 54.9 Å². The number of amides is 1. The highest BCUT2D eigenvalue weighted by atomic mass is 16.1. The monoisotopic (exact) mass is 251 g/mol. The van der Waals surface area contributed by atoms with Crippen molar-refractivity contribution in [2.45, 2.75) is 13.8 Å². The summed E-state index contributed by atoms with van der Waals surface area (Å²) in [5, 5.41) is 2.75. The number of aromatic nitrogens is 2. The minimum atomic E-state index is -0.0936. The van der Waals surface area contributed by atoms with E-state index in [1.165, 1.54) is 6.92 Å². The molecule has 2 aromatic carbocycles. The number of fused-ring (bicyclic) bond motifs is 2. The SMILES string of the molecule is CC(=O)Nc1ccc2nc3ccc(C)cc3nc2c1. The lowest BCUT2D eigenvalue weighted by Crippen LogP contribution is -2.05. The van der Waals surface area contributed by atoms with E-state index in [4.69, 9.17) is 0 Å². The molecule has 0 atom stereocenters. The van der Waals surface area contributed by atoms with Gasteiger partial charge in [-0.2, -0.15) is 0 Å². The summed E-state index contributed by atoms with van der Waals surface area (Å²) < 4.78 is 0. The number of aryl methyl sites for hydroxylation is 1. The number of hydrogen-bond donors (Lipinski definition) is 1. The highest BCUT2D eigenvalue weighted by molar-refractivity contribution is 5.93. The lowest BCUT2D eigenvalue weighted by molar-refractivity contribution is -0.114. The van der Waals surface area contributed by atoms with Gasteiger partial charge in [0.25, 0.3) is 0 Å². The summed E-state index contributed by atoms with van der Waals surface area (Å²) in [5.74, 6) is -0.0936. The average Bonchev–Trinajstić information content (AvgIpc) is 2.35. The molecule has 4 nitrogen and oxygen atoms in total. The Kier molecular flexibility index (Phi) is 2.63. The Morgan fingerprint density at radius 1 is 0.947 bits per heavy atom. The van der Waals surface area contributed by atoms with Crippen LogP contribution in [0.2, 0.25) is 0 Å². The third-order valence-corrected chi connectivity index (χ3v) is 2.91. The van der Waals surface area contributed by atoms with E-state index in [2.05, 4.69) is 15.3 Å². The summed E-state index contributed by atoms with van der Waals surface area (Å²) in [5.41, 5.74) is 5.24. The van der Waals surface area contributed by atoms with E-state index in [0.29, 0.717) is 0 Å². The summed E-state index contributed by atoms with van der Waals surface area (Å²) in [6.45, 7) is 3.51. The highest BCUT2D eigenvalue weighted by Crippen LogP contribution is 2.20. The second-order valence-corrected chi connectivity index (χ2v) is 4.60. The zero-order valence-corrected chi connectivity index (χ0v) is 10.8. The summed E-state index contributed by atoms with van der Waals surface area (Å²) in [6.07, 6.45) is 0. The van der Waals surface area contributed by atoms with Crippen LogP contribution in [0.4, 0.5) is 5.69 Å². The standard InChI is InChI=1S/C15H13N3O/c1-9-3-5-12-14(7-9)18-15-8-11(16-10(2)19)4-6-13(15)17-12/h3-8H,1-2H3,(H,16,19). The molecule has 0 spiro atoms. The number of hydrogen-bond acceptors (Lipinski definition) is 3. The number of anilines is 1. The van der Waals surface area contributed by atoms with Crippen LogP contribution in [0.5, 0.6) is 0 Å². The molecule has 0 aliphatic carbocycles. The first-order valence-corrected chi connectivity index (χ1v) is 6.07. The van der Waals surface area contributed by atoms with Crippen molar-refractivity contribution in [1.29, 1.82) is 0 Å². The first-order valence-electron chi connectivity index (χ1n) is 6.07. The van der Waals surface area contributed by atoms with Crippen molar-refractivity contribution in [3.8, 4) is 0 Å². The molecule has 19 heavy (non-hydrogen) atoms. The van der Waals surface area contributed by atoms with E-state index >= 15 is 0 Å². The van der Waals surface area contributed by atoms with Crippen molar-refractivity contribution >= 4 is 33.7 Å². The lowest BCUT2D eigenvalue weighted by Gasteiger charge is -2.05. The van der Waals surface area contributed by atoms with Gasteiger partial charge in [0.2, 0.25) is 5.91 Å². The van der Waals surface area contributed by atoms with Crippen LogP contribution in [-0.2, 0) is 4.79 Å². The third-order valence-electron chi connectivity index (χ3n) is 2.91. The molecule has 0 aliphatic rings. The van der Waals surface area contributed by atoms with Crippen LogP contribution in [0.1, 0.15) is 12.5 Å². The third kappa shape index (κ3) is 2.25. The van der Waals surface area contributed by atoms with Crippen molar-refractivity contribution in [2.75, 3.05) is 5.32 Å². The van der Waals surface area contributed by atoms with Gasteiger partial charge in [-0.1, -0.05) is 6.07 Å². The second-order valence-electron chi connectivity index (χ2n) is 4.60. The molecule has 0 saturated heterocycles. The maximum atomic E-state index is 11.1. The first kappa shape index (κ1) is 11.6. The quantitative estimate of drug-likeness (QED) is 0.676. The average molecular weight is 251 g/mol.